The maximum atomic E-state index is 6.10. The van der Waals surface area contributed by atoms with Crippen LogP contribution in [-0.2, 0) is 0 Å². The van der Waals surface area contributed by atoms with Gasteiger partial charge in [-0.3, -0.25) is 4.90 Å². The topological polar surface area (TPSA) is 95.6 Å². The Morgan fingerprint density at radius 1 is 1.09 bits per heavy atom. The first-order valence-electron chi connectivity index (χ1n) is 11.2. The smallest absolute Gasteiger partial charge is 0.319 e. The van der Waals surface area contributed by atoms with Gasteiger partial charge in [0.2, 0.25) is 0 Å². The largest absolute Gasteiger partial charge is 0.493 e. The van der Waals surface area contributed by atoms with Gasteiger partial charge in [0, 0.05) is 28.7 Å². The molecular formula is C24H31N5O3S. The van der Waals surface area contributed by atoms with Crippen molar-refractivity contribution in [2.24, 2.45) is 0 Å². The molecule has 4 rings (SSSR count). The van der Waals surface area contributed by atoms with E-state index in [4.69, 9.17) is 24.9 Å². The van der Waals surface area contributed by atoms with Gasteiger partial charge in [0.1, 0.15) is 23.5 Å². The van der Waals surface area contributed by atoms with E-state index in [0.29, 0.717) is 12.4 Å². The number of nitrogen functional groups attached to an aromatic ring is 1. The standard InChI is InChI=1S/C24H31N5O3S/c1-15-13-21(25)27-24(26-15)32-16(2)22-17(3)33-23(28-22)18-7-8-19(30-4)20(14-18)31-12-11-29-9-5-6-10-29/h7-8,13-14,16H,5-6,9-12H2,1-4H3,(H2,25,26,27)/t16-/m1/s1. The summed E-state index contributed by atoms with van der Waals surface area (Å²) in [6.45, 7) is 9.70. The fourth-order valence-corrected chi connectivity index (χ4v) is 4.95. The van der Waals surface area contributed by atoms with Crippen LogP contribution in [0.4, 0.5) is 5.82 Å². The number of nitrogens with zero attached hydrogens (tertiary/aromatic N) is 4. The van der Waals surface area contributed by atoms with Crippen LogP contribution in [0, 0.1) is 13.8 Å². The van der Waals surface area contributed by atoms with E-state index in [1.165, 1.54) is 12.8 Å². The number of nitrogens with two attached hydrogens (primary N) is 1. The van der Waals surface area contributed by atoms with Gasteiger partial charge in [0.25, 0.3) is 0 Å². The lowest BCUT2D eigenvalue weighted by molar-refractivity contribution is 0.203. The number of hydrogen-bond acceptors (Lipinski definition) is 9. The molecule has 3 aromatic rings. The number of ether oxygens (including phenoxy) is 3. The van der Waals surface area contributed by atoms with Crippen LogP contribution in [0.2, 0.25) is 0 Å². The molecule has 0 unspecified atom stereocenters. The highest BCUT2D eigenvalue weighted by atomic mass is 32.1. The molecule has 9 heteroatoms. The van der Waals surface area contributed by atoms with Crippen LogP contribution in [-0.4, -0.2) is 53.2 Å². The summed E-state index contributed by atoms with van der Waals surface area (Å²) in [7, 11) is 1.66. The minimum absolute atomic E-state index is 0.257. The number of likely N-dealkylation sites (tertiary alicyclic amines) is 1. The van der Waals surface area contributed by atoms with Gasteiger partial charge in [-0.1, -0.05) is 0 Å². The van der Waals surface area contributed by atoms with E-state index < -0.39 is 0 Å². The second kappa shape index (κ2) is 10.4. The number of hydrogen-bond donors (Lipinski definition) is 1. The van der Waals surface area contributed by atoms with Gasteiger partial charge in [-0.25, -0.2) is 9.97 Å². The number of benzene rings is 1. The summed E-state index contributed by atoms with van der Waals surface area (Å²) in [6, 6.07) is 7.90. The van der Waals surface area contributed by atoms with E-state index in [9.17, 15) is 0 Å². The summed E-state index contributed by atoms with van der Waals surface area (Å²) >= 11 is 1.62. The number of thiazole rings is 1. The van der Waals surface area contributed by atoms with E-state index in [2.05, 4.69) is 14.9 Å². The highest BCUT2D eigenvalue weighted by molar-refractivity contribution is 7.15. The molecule has 1 aliphatic heterocycles. The Labute approximate surface area is 198 Å². The molecule has 1 aliphatic rings. The van der Waals surface area contributed by atoms with E-state index in [1.807, 2.05) is 39.0 Å². The molecule has 1 saturated heterocycles. The van der Waals surface area contributed by atoms with Crippen molar-refractivity contribution < 1.29 is 14.2 Å². The van der Waals surface area contributed by atoms with Crippen molar-refractivity contribution in [3.8, 4) is 28.1 Å². The zero-order chi connectivity index (χ0) is 23.4. The number of aromatic nitrogens is 3. The second-order valence-electron chi connectivity index (χ2n) is 8.20. The predicted octanol–water partition coefficient (Wildman–Crippen LogP) is 4.42. The van der Waals surface area contributed by atoms with Crippen molar-refractivity contribution >= 4 is 17.2 Å². The maximum absolute atomic E-state index is 6.10. The van der Waals surface area contributed by atoms with E-state index >= 15 is 0 Å². The number of methoxy groups -OCH3 is 1. The van der Waals surface area contributed by atoms with Crippen LogP contribution in [0.3, 0.4) is 0 Å². The van der Waals surface area contributed by atoms with Crippen LogP contribution in [0.1, 0.15) is 42.1 Å². The minimum atomic E-state index is -0.314. The highest BCUT2D eigenvalue weighted by Gasteiger charge is 2.19. The molecule has 2 N–H and O–H groups in total. The molecule has 2 aromatic heterocycles. The molecule has 8 nitrogen and oxygen atoms in total. The molecule has 0 aliphatic carbocycles. The Balaban J connectivity index is 1.49. The summed E-state index contributed by atoms with van der Waals surface area (Å²) in [4.78, 5) is 16.8. The molecule has 0 bridgehead atoms. The van der Waals surface area contributed by atoms with Gasteiger partial charge < -0.3 is 19.9 Å². The summed E-state index contributed by atoms with van der Waals surface area (Å²) < 4.78 is 17.6. The van der Waals surface area contributed by atoms with Gasteiger partial charge in [-0.15, -0.1) is 11.3 Å². The fourth-order valence-electron chi connectivity index (χ4n) is 3.95. The van der Waals surface area contributed by atoms with Gasteiger partial charge in [0.05, 0.1) is 12.8 Å². The zero-order valence-electron chi connectivity index (χ0n) is 19.6. The summed E-state index contributed by atoms with van der Waals surface area (Å²) in [5.41, 5.74) is 8.42. The number of aryl methyl sites for hydroxylation is 2. The third-order valence-electron chi connectivity index (χ3n) is 5.63. The first kappa shape index (κ1) is 23.3. The van der Waals surface area contributed by atoms with Crippen molar-refractivity contribution in [3.63, 3.8) is 0 Å². The van der Waals surface area contributed by atoms with E-state index in [1.54, 1.807) is 24.5 Å². The van der Waals surface area contributed by atoms with Crippen LogP contribution >= 0.6 is 11.3 Å². The Morgan fingerprint density at radius 3 is 2.61 bits per heavy atom. The summed E-state index contributed by atoms with van der Waals surface area (Å²) in [6.07, 6.45) is 2.23. The Kier molecular flexibility index (Phi) is 7.29. The second-order valence-corrected chi connectivity index (χ2v) is 9.40. The molecule has 176 valence electrons. The van der Waals surface area contributed by atoms with Gasteiger partial charge in [0.15, 0.2) is 11.5 Å². The van der Waals surface area contributed by atoms with E-state index in [0.717, 1.165) is 58.0 Å². The predicted molar refractivity (Wildman–Crippen MR) is 130 cm³/mol. The maximum Gasteiger partial charge on any atom is 0.319 e. The summed E-state index contributed by atoms with van der Waals surface area (Å²) in [5, 5.41) is 0.898. The fraction of sp³-hybridized carbons (Fsp3) is 0.458. The van der Waals surface area contributed by atoms with Crippen molar-refractivity contribution in [3.05, 3.63) is 40.5 Å². The SMILES string of the molecule is COc1ccc(-c2nc([C@@H](C)Oc3nc(C)cc(N)n3)c(C)s2)cc1OCCN1CCCC1. The Bertz CT molecular complexity index is 1080. The molecule has 0 radical (unpaired) electrons. The zero-order valence-corrected chi connectivity index (χ0v) is 20.4. The molecule has 0 amide bonds. The molecule has 1 fully saturated rings. The molecular weight excluding hydrogens is 438 g/mol. The van der Waals surface area contributed by atoms with Crippen molar-refractivity contribution in [1.29, 1.82) is 0 Å². The number of anilines is 1. The first-order valence-corrected chi connectivity index (χ1v) is 12.0. The van der Waals surface area contributed by atoms with Gasteiger partial charge >= 0.3 is 6.01 Å². The van der Waals surface area contributed by atoms with Crippen molar-refractivity contribution in [1.82, 2.24) is 19.9 Å². The monoisotopic (exact) mass is 469 g/mol. The molecule has 1 aromatic carbocycles. The lowest BCUT2D eigenvalue weighted by Gasteiger charge is -2.16. The summed E-state index contributed by atoms with van der Waals surface area (Å²) in [5.74, 6) is 1.84. The van der Waals surface area contributed by atoms with Crippen molar-refractivity contribution in [2.45, 2.75) is 39.7 Å². The third-order valence-corrected chi connectivity index (χ3v) is 6.66. The molecule has 1 atom stereocenters. The van der Waals surface area contributed by atoms with Crippen LogP contribution in [0.5, 0.6) is 17.5 Å². The molecule has 0 saturated carbocycles. The van der Waals surface area contributed by atoms with Crippen molar-refractivity contribution in [2.75, 3.05) is 39.1 Å². The Morgan fingerprint density at radius 2 is 1.88 bits per heavy atom. The number of rotatable bonds is 9. The van der Waals surface area contributed by atoms with Gasteiger partial charge in [-0.2, -0.15) is 4.98 Å². The lowest BCUT2D eigenvalue weighted by Crippen LogP contribution is -2.25. The molecule has 33 heavy (non-hydrogen) atoms. The van der Waals surface area contributed by atoms with Gasteiger partial charge in [-0.05, 0) is 64.9 Å². The minimum Gasteiger partial charge on any atom is -0.493 e. The highest BCUT2D eigenvalue weighted by Crippen LogP contribution is 2.36. The van der Waals surface area contributed by atoms with Crippen LogP contribution in [0.25, 0.3) is 10.6 Å². The quantitative estimate of drug-likeness (QED) is 0.492. The first-order chi connectivity index (χ1) is 15.9. The molecule has 3 heterocycles. The normalized spacial score (nSPS) is 14.9. The average Bonchev–Trinajstić information content (AvgIpc) is 3.42. The third kappa shape index (κ3) is 5.72. The van der Waals surface area contributed by atoms with Crippen LogP contribution in [0.15, 0.2) is 24.3 Å². The molecule has 0 spiro atoms. The average molecular weight is 470 g/mol. The van der Waals surface area contributed by atoms with Crippen LogP contribution < -0.4 is 19.9 Å². The van der Waals surface area contributed by atoms with E-state index in [-0.39, 0.29) is 12.1 Å². The lowest BCUT2D eigenvalue weighted by atomic mass is 10.2. The Hall–Kier alpha value is -2.91.